The van der Waals surface area contributed by atoms with Crippen LogP contribution in [0.4, 0.5) is 5.69 Å². The summed E-state index contributed by atoms with van der Waals surface area (Å²) in [5.74, 6) is 0.407. The lowest BCUT2D eigenvalue weighted by molar-refractivity contribution is -0.0459. The van der Waals surface area contributed by atoms with Gasteiger partial charge in [0.1, 0.15) is 0 Å². The van der Waals surface area contributed by atoms with Crippen LogP contribution in [-0.4, -0.2) is 35.2 Å². The number of hydrogen-bond donors (Lipinski definition) is 2. The van der Waals surface area contributed by atoms with E-state index in [0.29, 0.717) is 12.0 Å². The summed E-state index contributed by atoms with van der Waals surface area (Å²) in [4.78, 5) is 2.37. The van der Waals surface area contributed by atoms with Crippen molar-refractivity contribution >= 4 is 17.3 Å². The molecule has 22 heavy (non-hydrogen) atoms. The normalized spacial score (nSPS) is 26.5. The van der Waals surface area contributed by atoms with Crippen LogP contribution in [-0.2, 0) is 6.54 Å². The number of benzene rings is 2. The number of para-hydroxylation sites is 1. The van der Waals surface area contributed by atoms with E-state index in [1.165, 1.54) is 11.3 Å². The van der Waals surface area contributed by atoms with Crippen LogP contribution in [0.5, 0.6) is 0 Å². The lowest BCUT2D eigenvalue weighted by Crippen LogP contribution is -2.66. The molecule has 3 nitrogen and oxygen atoms in total. The van der Waals surface area contributed by atoms with Gasteiger partial charge in [0.2, 0.25) is 0 Å². The number of rotatable bonds is 3. The number of anilines is 1. The van der Waals surface area contributed by atoms with E-state index in [2.05, 4.69) is 40.5 Å². The van der Waals surface area contributed by atoms with Gasteiger partial charge in [0.15, 0.2) is 0 Å². The van der Waals surface area contributed by atoms with Gasteiger partial charge in [-0.2, -0.15) is 0 Å². The first kappa shape index (κ1) is 14.1. The molecule has 4 heteroatoms. The molecule has 1 saturated heterocycles. The van der Waals surface area contributed by atoms with Crippen molar-refractivity contribution in [1.29, 1.82) is 0 Å². The summed E-state index contributed by atoms with van der Waals surface area (Å²) in [6.45, 7) is 1.89. The van der Waals surface area contributed by atoms with Gasteiger partial charge in [-0.25, -0.2) is 0 Å². The molecule has 1 fully saturated rings. The van der Waals surface area contributed by atoms with Crippen LogP contribution in [0, 0.1) is 0 Å². The van der Waals surface area contributed by atoms with Gasteiger partial charge in [-0.15, -0.1) is 0 Å². The van der Waals surface area contributed by atoms with Crippen LogP contribution in [0.1, 0.15) is 17.0 Å². The van der Waals surface area contributed by atoms with Gasteiger partial charge in [-0.05, 0) is 23.3 Å². The maximum absolute atomic E-state index is 9.87. The molecule has 2 heterocycles. The van der Waals surface area contributed by atoms with Crippen molar-refractivity contribution in [1.82, 2.24) is 4.90 Å². The van der Waals surface area contributed by atoms with Crippen LogP contribution < -0.4 is 5.32 Å². The minimum absolute atomic E-state index is 0.171. The number of nitrogens with one attached hydrogen (secondary N) is 1. The standard InChI is InChI=1S/C18H19ClN2O/c19-14-7-3-1-5-12(14)10-21-16-9-20-15-8-4-2-6-13(15)18(16)17(21)11-22/h1-8,16-18,20,22H,9-11H2/t16-,17+,18+/m0/s1. The zero-order valence-electron chi connectivity index (χ0n) is 12.2. The molecule has 0 bridgehead atoms. The summed E-state index contributed by atoms with van der Waals surface area (Å²) in [6.07, 6.45) is 0. The van der Waals surface area contributed by atoms with Crippen LogP contribution >= 0.6 is 11.6 Å². The lowest BCUT2D eigenvalue weighted by Gasteiger charge is -2.57. The van der Waals surface area contributed by atoms with Crippen molar-refractivity contribution in [3.63, 3.8) is 0 Å². The number of likely N-dealkylation sites (tertiary alicyclic amines) is 1. The zero-order valence-corrected chi connectivity index (χ0v) is 13.0. The number of aliphatic hydroxyl groups excluding tert-OH is 1. The molecule has 2 N–H and O–H groups in total. The smallest absolute Gasteiger partial charge is 0.0593 e. The number of nitrogens with zero attached hydrogens (tertiary/aromatic N) is 1. The second-order valence-corrected chi connectivity index (χ2v) is 6.48. The number of hydrogen-bond acceptors (Lipinski definition) is 3. The molecule has 0 aromatic heterocycles. The lowest BCUT2D eigenvalue weighted by atomic mass is 9.72. The van der Waals surface area contributed by atoms with E-state index in [4.69, 9.17) is 11.6 Å². The highest BCUT2D eigenvalue weighted by Gasteiger charge is 2.50. The summed E-state index contributed by atoms with van der Waals surface area (Å²) < 4.78 is 0. The molecule has 0 amide bonds. The molecule has 0 unspecified atom stereocenters. The zero-order chi connectivity index (χ0) is 15.1. The molecule has 2 aromatic rings. The van der Waals surface area contributed by atoms with Gasteiger partial charge in [-0.1, -0.05) is 48.0 Å². The number of aliphatic hydroxyl groups is 1. The molecule has 2 aliphatic heterocycles. The fraction of sp³-hybridized carbons (Fsp3) is 0.333. The third-order valence-corrected chi connectivity index (χ3v) is 5.37. The van der Waals surface area contributed by atoms with Crippen LogP contribution in [0.25, 0.3) is 0 Å². The Hall–Kier alpha value is -1.55. The van der Waals surface area contributed by atoms with Gasteiger partial charge in [0.25, 0.3) is 0 Å². The van der Waals surface area contributed by atoms with Gasteiger partial charge in [-0.3, -0.25) is 4.90 Å². The fourth-order valence-electron chi connectivity index (χ4n) is 3.91. The molecule has 0 aliphatic carbocycles. The molecule has 3 atom stereocenters. The summed E-state index contributed by atoms with van der Waals surface area (Å²) in [5.41, 5.74) is 3.66. The Bertz CT molecular complexity index is 690. The van der Waals surface area contributed by atoms with E-state index in [9.17, 15) is 5.11 Å². The number of halogens is 1. The summed E-state index contributed by atoms with van der Waals surface area (Å²) in [5, 5.41) is 14.2. The third-order valence-electron chi connectivity index (χ3n) is 5.00. The predicted molar refractivity (Wildman–Crippen MR) is 89.3 cm³/mol. The Labute approximate surface area is 135 Å². The minimum Gasteiger partial charge on any atom is -0.395 e. The van der Waals surface area contributed by atoms with Crippen molar-refractivity contribution < 1.29 is 5.11 Å². The van der Waals surface area contributed by atoms with E-state index >= 15 is 0 Å². The molecule has 2 aromatic carbocycles. The first-order valence-corrected chi connectivity index (χ1v) is 8.10. The summed E-state index contributed by atoms with van der Waals surface area (Å²) in [7, 11) is 0. The Morgan fingerprint density at radius 3 is 2.73 bits per heavy atom. The van der Waals surface area contributed by atoms with Crippen molar-refractivity contribution in [3.8, 4) is 0 Å². The highest BCUT2D eigenvalue weighted by Crippen LogP contribution is 2.46. The monoisotopic (exact) mass is 314 g/mol. The van der Waals surface area contributed by atoms with Crippen molar-refractivity contribution in [2.75, 3.05) is 18.5 Å². The van der Waals surface area contributed by atoms with E-state index in [-0.39, 0.29) is 12.6 Å². The maximum atomic E-state index is 9.87. The molecule has 2 aliphatic rings. The minimum atomic E-state index is 0.171. The molecular formula is C18H19ClN2O. The molecule has 0 spiro atoms. The van der Waals surface area contributed by atoms with Crippen LogP contribution in [0.15, 0.2) is 48.5 Å². The van der Waals surface area contributed by atoms with Crippen molar-refractivity contribution in [3.05, 3.63) is 64.7 Å². The first-order chi connectivity index (χ1) is 10.8. The van der Waals surface area contributed by atoms with E-state index in [1.807, 2.05) is 18.2 Å². The molecule has 4 rings (SSSR count). The van der Waals surface area contributed by atoms with E-state index in [0.717, 1.165) is 23.7 Å². The fourth-order valence-corrected chi connectivity index (χ4v) is 4.11. The Kier molecular flexibility index (Phi) is 3.57. The first-order valence-electron chi connectivity index (χ1n) is 7.72. The predicted octanol–water partition coefficient (Wildman–Crippen LogP) is 3.09. The second kappa shape index (κ2) is 5.58. The summed E-state index contributed by atoms with van der Waals surface area (Å²) >= 11 is 6.29. The Balaban J connectivity index is 1.61. The highest BCUT2D eigenvalue weighted by atomic mass is 35.5. The third kappa shape index (κ3) is 2.12. The maximum Gasteiger partial charge on any atom is 0.0593 e. The van der Waals surface area contributed by atoms with Gasteiger partial charge < -0.3 is 10.4 Å². The quantitative estimate of drug-likeness (QED) is 0.914. The van der Waals surface area contributed by atoms with Gasteiger partial charge >= 0.3 is 0 Å². The van der Waals surface area contributed by atoms with Crippen LogP contribution in [0.2, 0.25) is 5.02 Å². The largest absolute Gasteiger partial charge is 0.395 e. The van der Waals surface area contributed by atoms with Gasteiger partial charge in [0, 0.05) is 41.8 Å². The Morgan fingerprint density at radius 1 is 1.14 bits per heavy atom. The molecule has 0 radical (unpaired) electrons. The van der Waals surface area contributed by atoms with Crippen molar-refractivity contribution in [2.45, 2.75) is 24.5 Å². The Morgan fingerprint density at radius 2 is 1.91 bits per heavy atom. The molecule has 114 valence electrons. The highest BCUT2D eigenvalue weighted by molar-refractivity contribution is 6.31. The summed E-state index contributed by atoms with van der Waals surface area (Å²) in [6, 6.07) is 17.0. The molecular weight excluding hydrogens is 296 g/mol. The van der Waals surface area contributed by atoms with Crippen molar-refractivity contribution in [2.24, 2.45) is 0 Å². The average molecular weight is 315 g/mol. The second-order valence-electron chi connectivity index (χ2n) is 6.07. The average Bonchev–Trinajstić information content (AvgIpc) is 2.54. The SMILES string of the molecule is OC[C@@H]1[C@@H]2c3ccccc3NC[C@@H]2N1Cc1ccccc1Cl. The topological polar surface area (TPSA) is 35.5 Å². The molecule has 0 saturated carbocycles. The van der Waals surface area contributed by atoms with Crippen LogP contribution in [0.3, 0.4) is 0 Å². The van der Waals surface area contributed by atoms with E-state index < -0.39 is 0 Å². The number of fused-ring (bicyclic) bond motifs is 3. The van der Waals surface area contributed by atoms with Gasteiger partial charge in [0.05, 0.1) is 6.61 Å². The van der Waals surface area contributed by atoms with E-state index in [1.54, 1.807) is 0 Å².